The number of H-pyrrole nitrogens is 1. The summed E-state index contributed by atoms with van der Waals surface area (Å²) in [6, 6.07) is 7.92. The quantitative estimate of drug-likeness (QED) is 0.503. The van der Waals surface area contributed by atoms with Gasteiger partial charge in [0.15, 0.2) is 12.4 Å². The second-order valence-corrected chi connectivity index (χ2v) is 7.05. The van der Waals surface area contributed by atoms with Crippen LogP contribution in [0.25, 0.3) is 11.4 Å². The van der Waals surface area contributed by atoms with E-state index in [4.69, 9.17) is 9.26 Å². The molecule has 1 N–H and O–H groups in total. The first kappa shape index (κ1) is 19.5. The number of hydrogen-bond donors (Lipinski definition) is 1. The molecule has 0 aliphatic carbocycles. The number of carbonyl (C=O) groups is 2. The largest absolute Gasteiger partial charge is 0.451 e. The minimum absolute atomic E-state index is 0.102. The zero-order valence-corrected chi connectivity index (χ0v) is 16.6. The molecule has 3 aromatic rings. The van der Waals surface area contributed by atoms with Crippen LogP contribution in [0.3, 0.4) is 0 Å². The second-order valence-electron chi connectivity index (χ2n) is 7.05. The lowest BCUT2D eigenvalue weighted by atomic mass is 10.0. The van der Waals surface area contributed by atoms with Crippen molar-refractivity contribution in [2.24, 2.45) is 0 Å². The molecule has 0 aliphatic heterocycles. The summed E-state index contributed by atoms with van der Waals surface area (Å²) in [5, 5.41) is 3.94. The molecule has 0 aliphatic rings. The van der Waals surface area contributed by atoms with Crippen molar-refractivity contribution < 1.29 is 18.8 Å². The molecular weight excluding hydrogens is 358 g/mol. The minimum atomic E-state index is -0.575. The number of rotatable bonds is 6. The Balaban J connectivity index is 1.68. The summed E-state index contributed by atoms with van der Waals surface area (Å²) >= 11 is 0. The monoisotopic (exact) mass is 381 g/mol. The number of aryl methyl sites for hydroxylation is 1. The van der Waals surface area contributed by atoms with Crippen LogP contribution in [0.4, 0.5) is 0 Å². The van der Waals surface area contributed by atoms with Crippen LogP contribution in [0.1, 0.15) is 70.2 Å². The summed E-state index contributed by atoms with van der Waals surface area (Å²) in [6.45, 7) is 9.03. The van der Waals surface area contributed by atoms with Crippen LogP contribution < -0.4 is 0 Å². The van der Waals surface area contributed by atoms with Crippen LogP contribution in [-0.2, 0) is 11.3 Å². The Morgan fingerprint density at radius 2 is 1.86 bits per heavy atom. The first-order valence-corrected chi connectivity index (χ1v) is 9.08. The number of nitrogens with zero attached hydrogens (tertiary/aromatic N) is 2. The number of aromatic amines is 1. The predicted molar refractivity (Wildman–Crippen MR) is 103 cm³/mol. The number of Topliss-reactive ketones (excluding diaryl/α,β-unsaturated/α-hetero) is 1. The van der Waals surface area contributed by atoms with Gasteiger partial charge in [-0.25, -0.2) is 4.79 Å². The van der Waals surface area contributed by atoms with Gasteiger partial charge < -0.3 is 14.2 Å². The Hall–Kier alpha value is -3.22. The van der Waals surface area contributed by atoms with Crippen LogP contribution in [0, 0.1) is 13.8 Å². The Kier molecular flexibility index (Phi) is 5.44. The third kappa shape index (κ3) is 3.88. The zero-order valence-electron chi connectivity index (χ0n) is 16.6. The fourth-order valence-electron chi connectivity index (χ4n) is 3.13. The molecular formula is C21H23N3O4. The van der Waals surface area contributed by atoms with Gasteiger partial charge in [-0.1, -0.05) is 43.3 Å². The van der Waals surface area contributed by atoms with Crippen molar-refractivity contribution in [1.82, 2.24) is 15.1 Å². The maximum Gasteiger partial charge on any atom is 0.355 e. The molecule has 0 amide bonds. The summed E-state index contributed by atoms with van der Waals surface area (Å²) in [6.07, 6.45) is 0. The standard InChI is InChI=1S/C21H23N3O4/c1-11(2)15-6-8-16(9-7-15)20-23-17(28-24-20)10-27-21(26)19-12(3)18(14(5)25)13(4)22-19/h6-9,11,22H,10H2,1-5H3. The van der Waals surface area contributed by atoms with E-state index < -0.39 is 5.97 Å². The van der Waals surface area contributed by atoms with Gasteiger partial charge in [0.25, 0.3) is 5.89 Å². The smallest absolute Gasteiger partial charge is 0.355 e. The Morgan fingerprint density at radius 1 is 1.18 bits per heavy atom. The number of hydrogen-bond acceptors (Lipinski definition) is 6. The van der Waals surface area contributed by atoms with E-state index in [-0.39, 0.29) is 24.0 Å². The lowest BCUT2D eigenvalue weighted by Crippen LogP contribution is -2.08. The lowest BCUT2D eigenvalue weighted by molar-refractivity contribution is 0.0422. The van der Waals surface area contributed by atoms with Gasteiger partial charge >= 0.3 is 5.97 Å². The summed E-state index contributed by atoms with van der Waals surface area (Å²) < 4.78 is 10.4. The van der Waals surface area contributed by atoms with Gasteiger partial charge in [0.05, 0.1) is 0 Å². The maximum atomic E-state index is 12.4. The lowest BCUT2D eigenvalue weighted by Gasteiger charge is -2.04. The molecule has 1 aromatic carbocycles. The molecule has 0 saturated carbocycles. The maximum absolute atomic E-state index is 12.4. The minimum Gasteiger partial charge on any atom is -0.451 e. The molecule has 3 rings (SSSR count). The number of esters is 1. The van der Waals surface area contributed by atoms with Crippen LogP contribution in [0.2, 0.25) is 0 Å². The van der Waals surface area contributed by atoms with Crippen molar-refractivity contribution in [3.63, 3.8) is 0 Å². The van der Waals surface area contributed by atoms with Crippen molar-refractivity contribution in [3.8, 4) is 11.4 Å². The molecule has 28 heavy (non-hydrogen) atoms. The van der Waals surface area contributed by atoms with Crippen molar-refractivity contribution in [1.29, 1.82) is 0 Å². The molecule has 0 fully saturated rings. The topological polar surface area (TPSA) is 98.1 Å². The average molecular weight is 381 g/mol. The molecule has 7 nitrogen and oxygen atoms in total. The molecule has 0 spiro atoms. The molecule has 0 radical (unpaired) electrons. The second kappa shape index (κ2) is 7.80. The molecule has 7 heteroatoms. The van der Waals surface area contributed by atoms with Crippen LogP contribution in [0.15, 0.2) is 28.8 Å². The van der Waals surface area contributed by atoms with Gasteiger partial charge in [0.2, 0.25) is 5.82 Å². The Morgan fingerprint density at radius 3 is 2.43 bits per heavy atom. The summed E-state index contributed by atoms with van der Waals surface area (Å²) in [4.78, 5) is 31.2. The van der Waals surface area contributed by atoms with Crippen LogP contribution in [0.5, 0.6) is 0 Å². The number of ketones is 1. The highest BCUT2D eigenvalue weighted by Crippen LogP contribution is 2.22. The van der Waals surface area contributed by atoms with Crippen LogP contribution >= 0.6 is 0 Å². The molecule has 0 unspecified atom stereocenters. The van der Waals surface area contributed by atoms with Gasteiger partial charge in [-0.2, -0.15) is 4.98 Å². The molecule has 2 aromatic heterocycles. The van der Waals surface area contributed by atoms with Crippen molar-refractivity contribution in [2.75, 3.05) is 0 Å². The van der Waals surface area contributed by atoms with Crippen molar-refractivity contribution in [3.05, 3.63) is 58.2 Å². The highest BCUT2D eigenvalue weighted by Gasteiger charge is 2.21. The third-order valence-corrected chi connectivity index (χ3v) is 4.62. The van der Waals surface area contributed by atoms with E-state index in [0.29, 0.717) is 28.6 Å². The van der Waals surface area contributed by atoms with Crippen LogP contribution in [-0.4, -0.2) is 26.9 Å². The van der Waals surface area contributed by atoms with E-state index in [9.17, 15) is 9.59 Å². The van der Waals surface area contributed by atoms with Gasteiger partial charge in [0, 0.05) is 16.8 Å². The number of ether oxygens (including phenoxy) is 1. The number of benzene rings is 1. The van der Waals surface area contributed by atoms with E-state index in [1.54, 1.807) is 13.8 Å². The van der Waals surface area contributed by atoms with Gasteiger partial charge in [-0.3, -0.25) is 4.79 Å². The average Bonchev–Trinajstić information content (AvgIpc) is 3.24. The summed E-state index contributed by atoms with van der Waals surface area (Å²) in [5.41, 5.74) is 4.03. The van der Waals surface area contributed by atoms with E-state index in [2.05, 4.69) is 29.0 Å². The first-order chi connectivity index (χ1) is 13.3. The summed E-state index contributed by atoms with van der Waals surface area (Å²) in [5.74, 6) is 0.401. The molecule has 2 heterocycles. The highest BCUT2D eigenvalue weighted by atomic mass is 16.6. The third-order valence-electron chi connectivity index (χ3n) is 4.62. The van der Waals surface area contributed by atoms with Crippen molar-refractivity contribution >= 4 is 11.8 Å². The molecule has 0 atom stereocenters. The normalized spacial score (nSPS) is 11.1. The molecule has 0 saturated heterocycles. The first-order valence-electron chi connectivity index (χ1n) is 9.08. The number of aromatic nitrogens is 3. The van der Waals surface area contributed by atoms with Gasteiger partial charge in [0.1, 0.15) is 5.69 Å². The fraction of sp³-hybridized carbons (Fsp3) is 0.333. The van der Waals surface area contributed by atoms with E-state index in [0.717, 1.165) is 5.56 Å². The number of carbonyl (C=O) groups excluding carboxylic acids is 2. The Bertz CT molecular complexity index is 1010. The van der Waals surface area contributed by atoms with Gasteiger partial charge in [-0.05, 0) is 37.8 Å². The number of nitrogens with one attached hydrogen (secondary N) is 1. The van der Waals surface area contributed by atoms with Crippen molar-refractivity contribution in [2.45, 2.75) is 47.1 Å². The SMILES string of the molecule is CC(=O)c1c(C)[nH]c(C(=O)OCc2nc(-c3ccc(C(C)C)cc3)no2)c1C. The highest BCUT2D eigenvalue weighted by molar-refractivity contribution is 6.01. The molecule has 0 bridgehead atoms. The van der Waals surface area contributed by atoms with E-state index in [1.165, 1.54) is 12.5 Å². The fourth-order valence-corrected chi connectivity index (χ4v) is 3.13. The van der Waals surface area contributed by atoms with E-state index in [1.807, 2.05) is 24.3 Å². The van der Waals surface area contributed by atoms with Gasteiger partial charge in [-0.15, -0.1) is 0 Å². The van der Waals surface area contributed by atoms with E-state index >= 15 is 0 Å². The molecule has 146 valence electrons. The Labute approximate surface area is 163 Å². The predicted octanol–water partition coefficient (Wildman–Crippen LogP) is 4.36. The summed E-state index contributed by atoms with van der Waals surface area (Å²) in [7, 11) is 0. The zero-order chi connectivity index (χ0) is 20.4.